The lowest BCUT2D eigenvalue weighted by molar-refractivity contribution is 0.0992. The van der Waals surface area contributed by atoms with Crippen molar-refractivity contribution in [1.82, 2.24) is 0 Å². The smallest absolute Gasteiger partial charge is 0.167 e. The van der Waals surface area contributed by atoms with Gasteiger partial charge in [-0.05, 0) is 59.1 Å². The quantitative estimate of drug-likeness (QED) is 0.708. The summed E-state index contributed by atoms with van der Waals surface area (Å²) in [5.41, 5.74) is 4.07. The molecule has 0 bridgehead atoms. The maximum absolute atomic E-state index is 12.3. The molecule has 0 fully saturated rings. The second-order valence-electron chi connectivity index (χ2n) is 4.66. The van der Waals surface area contributed by atoms with Crippen LogP contribution in [0.2, 0.25) is 5.02 Å². The lowest BCUT2D eigenvalue weighted by Crippen LogP contribution is -2.05. The summed E-state index contributed by atoms with van der Waals surface area (Å²) in [5, 5.41) is 0.614. The van der Waals surface area contributed by atoms with Crippen LogP contribution in [0.4, 0.5) is 0 Å². The molecule has 0 aliphatic rings. The van der Waals surface area contributed by atoms with Crippen LogP contribution in [0.15, 0.2) is 40.9 Å². The third-order valence-corrected chi connectivity index (χ3v) is 4.31. The fourth-order valence-corrected chi connectivity index (χ4v) is 2.43. The second kappa shape index (κ2) is 5.89. The van der Waals surface area contributed by atoms with Crippen LogP contribution in [0.25, 0.3) is 0 Å². The minimum absolute atomic E-state index is 0.103. The van der Waals surface area contributed by atoms with Crippen molar-refractivity contribution in [2.75, 3.05) is 0 Å². The molecule has 0 radical (unpaired) electrons. The van der Waals surface area contributed by atoms with Crippen molar-refractivity contribution in [1.29, 1.82) is 0 Å². The van der Waals surface area contributed by atoms with E-state index >= 15 is 0 Å². The van der Waals surface area contributed by atoms with Crippen molar-refractivity contribution in [3.05, 3.63) is 68.1 Å². The zero-order chi connectivity index (χ0) is 14.0. The summed E-state index contributed by atoms with van der Waals surface area (Å²) in [7, 11) is 0. The van der Waals surface area contributed by atoms with Gasteiger partial charge in [-0.3, -0.25) is 4.79 Å². The highest BCUT2D eigenvalue weighted by molar-refractivity contribution is 9.10. The van der Waals surface area contributed by atoms with Crippen LogP contribution in [0.1, 0.15) is 27.0 Å². The van der Waals surface area contributed by atoms with Gasteiger partial charge < -0.3 is 0 Å². The molecular weight excluding hydrogens is 324 g/mol. The Labute approximate surface area is 126 Å². The number of hydrogen-bond donors (Lipinski definition) is 0. The van der Waals surface area contributed by atoms with Gasteiger partial charge >= 0.3 is 0 Å². The van der Waals surface area contributed by atoms with E-state index < -0.39 is 0 Å². The Hall–Kier alpha value is -1.12. The summed E-state index contributed by atoms with van der Waals surface area (Å²) in [6.45, 7) is 4.06. The van der Waals surface area contributed by atoms with Crippen LogP contribution in [0.5, 0.6) is 0 Å². The molecule has 0 aromatic heterocycles. The predicted octanol–water partition coefficient (Wildman–Crippen LogP) is 5.14. The Kier molecular flexibility index (Phi) is 4.43. The number of Topliss-reactive ketones (excluding diaryl/α,β-unsaturated/α-hetero) is 1. The Morgan fingerprint density at radius 2 is 1.89 bits per heavy atom. The maximum atomic E-state index is 12.3. The fraction of sp³-hybridized carbons (Fsp3) is 0.188. The maximum Gasteiger partial charge on any atom is 0.167 e. The molecule has 2 aromatic carbocycles. The predicted molar refractivity (Wildman–Crippen MR) is 83.1 cm³/mol. The number of benzene rings is 2. The van der Waals surface area contributed by atoms with Gasteiger partial charge in [-0.1, -0.05) is 35.4 Å². The van der Waals surface area contributed by atoms with Crippen LogP contribution >= 0.6 is 27.5 Å². The lowest BCUT2D eigenvalue weighted by atomic mass is 9.98. The Morgan fingerprint density at radius 1 is 1.16 bits per heavy atom. The number of aryl methyl sites for hydroxylation is 2. The van der Waals surface area contributed by atoms with Gasteiger partial charge in [-0.15, -0.1) is 0 Å². The first-order valence-corrected chi connectivity index (χ1v) is 7.19. The lowest BCUT2D eigenvalue weighted by Gasteiger charge is -2.07. The first kappa shape index (κ1) is 14.3. The molecule has 3 heteroatoms. The zero-order valence-corrected chi connectivity index (χ0v) is 13.2. The van der Waals surface area contributed by atoms with Crippen molar-refractivity contribution in [2.45, 2.75) is 20.3 Å². The summed E-state index contributed by atoms with van der Waals surface area (Å²) >= 11 is 9.28. The number of ketones is 1. The first-order valence-electron chi connectivity index (χ1n) is 6.02. The fourth-order valence-electron chi connectivity index (χ4n) is 1.94. The average molecular weight is 338 g/mol. The Balaban J connectivity index is 2.25. The molecule has 19 heavy (non-hydrogen) atoms. The van der Waals surface area contributed by atoms with Crippen LogP contribution in [-0.2, 0) is 6.42 Å². The van der Waals surface area contributed by atoms with E-state index in [0.29, 0.717) is 17.0 Å². The van der Waals surface area contributed by atoms with E-state index in [1.807, 2.05) is 13.8 Å². The molecule has 2 rings (SSSR count). The van der Waals surface area contributed by atoms with Gasteiger partial charge in [-0.2, -0.15) is 0 Å². The molecule has 0 N–H and O–H groups in total. The summed E-state index contributed by atoms with van der Waals surface area (Å²) in [6, 6.07) is 11.5. The van der Waals surface area contributed by atoms with Gasteiger partial charge in [0.05, 0.1) is 5.02 Å². The average Bonchev–Trinajstić information content (AvgIpc) is 2.37. The van der Waals surface area contributed by atoms with E-state index in [0.717, 1.165) is 15.6 Å². The number of carbonyl (C=O) groups excluding carboxylic acids is 1. The first-order chi connectivity index (χ1) is 8.97. The molecule has 0 atom stereocenters. The third-order valence-electron chi connectivity index (χ3n) is 3.10. The minimum Gasteiger partial charge on any atom is -0.294 e. The molecule has 0 spiro atoms. The summed E-state index contributed by atoms with van der Waals surface area (Å²) in [6.07, 6.45) is 0.418. The molecule has 0 aliphatic heterocycles. The molecule has 2 aromatic rings. The SMILES string of the molecule is Cc1ccc(C)c(CC(=O)c2ccc(Cl)c(Br)c2)c1. The van der Waals surface area contributed by atoms with Crippen LogP contribution in [0, 0.1) is 13.8 Å². The molecule has 1 nitrogen and oxygen atoms in total. The van der Waals surface area contributed by atoms with Gasteiger partial charge in [0.2, 0.25) is 0 Å². The number of halogens is 2. The molecule has 0 heterocycles. The Bertz CT molecular complexity index is 635. The van der Waals surface area contributed by atoms with E-state index in [2.05, 4.69) is 34.1 Å². The summed E-state index contributed by atoms with van der Waals surface area (Å²) in [4.78, 5) is 12.3. The van der Waals surface area contributed by atoms with Crippen molar-refractivity contribution in [3.63, 3.8) is 0 Å². The number of carbonyl (C=O) groups is 1. The van der Waals surface area contributed by atoms with Gasteiger partial charge in [0, 0.05) is 16.5 Å². The normalized spacial score (nSPS) is 10.5. The van der Waals surface area contributed by atoms with E-state index in [9.17, 15) is 4.79 Å². The molecular formula is C16H14BrClO. The second-order valence-corrected chi connectivity index (χ2v) is 5.92. The van der Waals surface area contributed by atoms with E-state index in [1.165, 1.54) is 5.56 Å². The number of rotatable bonds is 3. The largest absolute Gasteiger partial charge is 0.294 e. The van der Waals surface area contributed by atoms with Crippen LogP contribution in [0.3, 0.4) is 0 Å². The Morgan fingerprint density at radius 3 is 2.58 bits per heavy atom. The molecule has 0 aliphatic carbocycles. The van der Waals surface area contributed by atoms with Crippen LogP contribution < -0.4 is 0 Å². The highest BCUT2D eigenvalue weighted by Gasteiger charge is 2.10. The van der Waals surface area contributed by atoms with Gasteiger partial charge in [0.25, 0.3) is 0 Å². The van der Waals surface area contributed by atoms with Crippen molar-refractivity contribution in [3.8, 4) is 0 Å². The van der Waals surface area contributed by atoms with Crippen LogP contribution in [-0.4, -0.2) is 5.78 Å². The van der Waals surface area contributed by atoms with Gasteiger partial charge in [-0.25, -0.2) is 0 Å². The molecule has 0 unspecified atom stereocenters. The van der Waals surface area contributed by atoms with Crippen molar-refractivity contribution < 1.29 is 4.79 Å². The monoisotopic (exact) mass is 336 g/mol. The van der Waals surface area contributed by atoms with Gasteiger partial charge in [0.15, 0.2) is 5.78 Å². The third kappa shape index (κ3) is 3.46. The van der Waals surface area contributed by atoms with E-state index in [1.54, 1.807) is 18.2 Å². The standard InChI is InChI=1S/C16H14BrClO/c1-10-3-4-11(2)13(7-10)9-16(19)12-5-6-15(18)14(17)8-12/h3-8H,9H2,1-2H3. The van der Waals surface area contributed by atoms with E-state index in [4.69, 9.17) is 11.6 Å². The van der Waals surface area contributed by atoms with E-state index in [-0.39, 0.29) is 5.78 Å². The topological polar surface area (TPSA) is 17.1 Å². The summed E-state index contributed by atoms with van der Waals surface area (Å²) < 4.78 is 0.751. The van der Waals surface area contributed by atoms with Crippen molar-refractivity contribution in [2.24, 2.45) is 0 Å². The molecule has 0 saturated carbocycles. The number of hydrogen-bond acceptors (Lipinski definition) is 1. The van der Waals surface area contributed by atoms with Crippen molar-refractivity contribution >= 4 is 33.3 Å². The molecule has 0 amide bonds. The minimum atomic E-state index is 0.103. The zero-order valence-electron chi connectivity index (χ0n) is 10.8. The molecule has 0 saturated heterocycles. The summed E-state index contributed by atoms with van der Waals surface area (Å²) in [5.74, 6) is 0.103. The highest BCUT2D eigenvalue weighted by atomic mass is 79.9. The molecule has 98 valence electrons. The van der Waals surface area contributed by atoms with Gasteiger partial charge in [0.1, 0.15) is 0 Å². The highest BCUT2D eigenvalue weighted by Crippen LogP contribution is 2.24.